The van der Waals surface area contributed by atoms with E-state index in [4.69, 9.17) is 16.3 Å². The summed E-state index contributed by atoms with van der Waals surface area (Å²) in [5, 5.41) is 21.2. The highest BCUT2D eigenvalue weighted by molar-refractivity contribution is 6.46. The molecule has 2 aromatic rings. The molecule has 0 radical (unpaired) electrons. The number of likely N-dealkylation sites (tertiary alicyclic amines) is 1. The second-order valence-corrected chi connectivity index (χ2v) is 7.65. The number of likely N-dealkylation sites (N-methyl/N-ethyl adjacent to an activating group) is 1. The van der Waals surface area contributed by atoms with E-state index in [1.807, 2.05) is 19.0 Å². The van der Waals surface area contributed by atoms with Crippen molar-refractivity contribution in [3.63, 3.8) is 0 Å². The fourth-order valence-electron chi connectivity index (χ4n) is 3.43. The van der Waals surface area contributed by atoms with Crippen LogP contribution in [0.4, 0.5) is 0 Å². The first kappa shape index (κ1) is 21.7. The van der Waals surface area contributed by atoms with Gasteiger partial charge in [-0.1, -0.05) is 23.7 Å². The number of carbonyl (C=O) groups is 2. The van der Waals surface area contributed by atoms with Gasteiger partial charge in [-0.25, -0.2) is 0 Å². The van der Waals surface area contributed by atoms with Crippen molar-refractivity contribution in [2.75, 3.05) is 34.3 Å². The van der Waals surface area contributed by atoms with Crippen LogP contribution in [-0.2, 0) is 9.59 Å². The minimum Gasteiger partial charge on any atom is -0.508 e. The number of phenols is 1. The van der Waals surface area contributed by atoms with Gasteiger partial charge in [-0.2, -0.15) is 0 Å². The lowest BCUT2D eigenvalue weighted by Gasteiger charge is -2.26. The van der Waals surface area contributed by atoms with Crippen LogP contribution < -0.4 is 4.74 Å². The van der Waals surface area contributed by atoms with E-state index in [1.165, 1.54) is 30.2 Å². The van der Waals surface area contributed by atoms with Gasteiger partial charge in [0.15, 0.2) is 0 Å². The quantitative estimate of drug-likeness (QED) is 0.416. The van der Waals surface area contributed by atoms with Gasteiger partial charge in [0, 0.05) is 18.7 Å². The van der Waals surface area contributed by atoms with Crippen LogP contribution in [-0.4, -0.2) is 66.0 Å². The van der Waals surface area contributed by atoms with Crippen molar-refractivity contribution in [1.82, 2.24) is 9.80 Å². The van der Waals surface area contributed by atoms with Gasteiger partial charge < -0.3 is 24.7 Å². The standard InChI is InChI=1S/C22H23ClN2O5/c1-24(2)9-10-25-19(13-5-4-6-15(26)11-13)18(21(28)22(25)29)20(27)14-7-8-17(30-3)16(23)12-14/h4-8,11-12,19,26-27H,9-10H2,1-3H3/b20-18-. The van der Waals surface area contributed by atoms with Gasteiger partial charge in [0.25, 0.3) is 11.7 Å². The third kappa shape index (κ3) is 4.13. The van der Waals surface area contributed by atoms with Crippen molar-refractivity contribution >= 4 is 29.1 Å². The molecule has 1 amide bonds. The molecule has 1 saturated heterocycles. The van der Waals surface area contributed by atoms with Gasteiger partial charge >= 0.3 is 0 Å². The summed E-state index contributed by atoms with van der Waals surface area (Å²) in [4.78, 5) is 29.0. The zero-order valence-electron chi connectivity index (χ0n) is 16.9. The summed E-state index contributed by atoms with van der Waals surface area (Å²) in [5.74, 6) is -1.40. The second-order valence-electron chi connectivity index (χ2n) is 7.24. The minimum atomic E-state index is -0.835. The van der Waals surface area contributed by atoms with Crippen molar-refractivity contribution in [2.45, 2.75) is 6.04 Å². The Kier molecular flexibility index (Phi) is 6.34. The average molecular weight is 431 g/mol. The van der Waals surface area contributed by atoms with Gasteiger partial charge in [0.1, 0.15) is 17.3 Å². The predicted molar refractivity (Wildman–Crippen MR) is 114 cm³/mol. The Bertz CT molecular complexity index is 1020. The number of hydrogen-bond donors (Lipinski definition) is 2. The number of nitrogens with zero attached hydrogens (tertiary/aromatic N) is 2. The molecule has 0 aliphatic carbocycles. The van der Waals surface area contributed by atoms with Crippen LogP contribution in [0.25, 0.3) is 5.76 Å². The number of hydrogen-bond acceptors (Lipinski definition) is 6. The number of carbonyl (C=O) groups excluding carboxylic acids is 2. The van der Waals surface area contributed by atoms with Crippen molar-refractivity contribution < 1.29 is 24.5 Å². The summed E-state index contributed by atoms with van der Waals surface area (Å²) in [6, 6.07) is 10.1. The molecule has 0 aromatic heterocycles. The normalized spacial score (nSPS) is 18.3. The maximum atomic E-state index is 12.9. The largest absolute Gasteiger partial charge is 0.508 e. The number of methoxy groups -OCH3 is 1. The van der Waals surface area contributed by atoms with Crippen LogP contribution >= 0.6 is 11.6 Å². The third-order valence-corrected chi connectivity index (χ3v) is 5.23. The highest BCUT2D eigenvalue weighted by Crippen LogP contribution is 2.40. The molecule has 158 valence electrons. The van der Waals surface area contributed by atoms with Gasteiger partial charge in [-0.05, 0) is 50.0 Å². The predicted octanol–water partition coefficient (Wildman–Crippen LogP) is 3.04. The first-order valence-electron chi connectivity index (χ1n) is 9.30. The van der Waals surface area contributed by atoms with E-state index in [1.54, 1.807) is 24.3 Å². The summed E-state index contributed by atoms with van der Waals surface area (Å²) in [6.45, 7) is 0.800. The molecule has 1 atom stereocenters. The Hall–Kier alpha value is -3.03. The summed E-state index contributed by atoms with van der Waals surface area (Å²) in [5.41, 5.74) is 0.760. The zero-order valence-corrected chi connectivity index (χ0v) is 17.7. The number of amides is 1. The smallest absolute Gasteiger partial charge is 0.295 e. The number of Topliss-reactive ketones (excluding diaryl/α,β-unsaturated/α-hetero) is 1. The molecule has 30 heavy (non-hydrogen) atoms. The Morgan fingerprint density at radius 1 is 1.20 bits per heavy atom. The highest BCUT2D eigenvalue weighted by atomic mass is 35.5. The second kappa shape index (κ2) is 8.77. The number of rotatable bonds is 6. The van der Waals surface area contributed by atoms with Gasteiger partial charge in [0.2, 0.25) is 0 Å². The molecule has 1 heterocycles. The minimum absolute atomic E-state index is 0.00168. The molecule has 1 aliphatic heterocycles. The van der Waals surface area contributed by atoms with E-state index in [0.717, 1.165) is 0 Å². The summed E-state index contributed by atoms with van der Waals surface area (Å²) in [7, 11) is 5.19. The molecule has 1 unspecified atom stereocenters. The van der Waals surface area contributed by atoms with Crippen LogP contribution in [0.5, 0.6) is 11.5 Å². The van der Waals surface area contributed by atoms with Gasteiger partial charge in [-0.15, -0.1) is 0 Å². The van der Waals surface area contributed by atoms with Crippen LogP contribution in [0, 0.1) is 0 Å². The SMILES string of the molecule is COc1ccc(/C(O)=C2/C(=O)C(=O)N(CCN(C)C)C2c2cccc(O)c2)cc1Cl. The molecule has 7 nitrogen and oxygen atoms in total. The lowest BCUT2D eigenvalue weighted by molar-refractivity contribution is -0.140. The fourth-order valence-corrected chi connectivity index (χ4v) is 3.69. The molecular weight excluding hydrogens is 408 g/mol. The van der Waals surface area contributed by atoms with Crippen molar-refractivity contribution in [2.24, 2.45) is 0 Å². The van der Waals surface area contributed by atoms with E-state index in [9.17, 15) is 19.8 Å². The molecule has 0 bridgehead atoms. The molecular formula is C22H23ClN2O5. The molecule has 1 aliphatic rings. The number of aliphatic hydroxyl groups is 1. The van der Waals surface area contributed by atoms with E-state index in [0.29, 0.717) is 17.9 Å². The van der Waals surface area contributed by atoms with Gasteiger partial charge in [-0.3, -0.25) is 9.59 Å². The van der Waals surface area contributed by atoms with Crippen molar-refractivity contribution in [3.8, 4) is 11.5 Å². The highest BCUT2D eigenvalue weighted by Gasteiger charge is 2.46. The number of phenolic OH excluding ortho intramolecular Hbond substituents is 1. The molecule has 1 fully saturated rings. The number of ketones is 1. The summed E-state index contributed by atoms with van der Waals surface area (Å²) >= 11 is 6.17. The summed E-state index contributed by atoms with van der Waals surface area (Å²) < 4.78 is 5.13. The maximum absolute atomic E-state index is 12.9. The lowest BCUT2D eigenvalue weighted by atomic mass is 9.95. The van der Waals surface area contributed by atoms with E-state index in [-0.39, 0.29) is 34.2 Å². The maximum Gasteiger partial charge on any atom is 0.295 e. The zero-order chi connectivity index (χ0) is 22.0. The van der Waals surface area contributed by atoms with E-state index >= 15 is 0 Å². The molecule has 3 rings (SSSR count). The molecule has 2 N–H and O–H groups in total. The number of benzene rings is 2. The van der Waals surface area contributed by atoms with E-state index < -0.39 is 17.7 Å². The first-order chi connectivity index (χ1) is 14.2. The molecule has 2 aromatic carbocycles. The van der Waals surface area contributed by atoms with Crippen molar-refractivity contribution in [3.05, 3.63) is 64.2 Å². The fraction of sp³-hybridized carbons (Fsp3) is 0.273. The van der Waals surface area contributed by atoms with Crippen LogP contribution in [0.15, 0.2) is 48.0 Å². The topological polar surface area (TPSA) is 90.3 Å². The monoisotopic (exact) mass is 430 g/mol. The van der Waals surface area contributed by atoms with Crippen molar-refractivity contribution in [1.29, 1.82) is 0 Å². The molecule has 0 spiro atoms. The number of aliphatic hydroxyl groups excluding tert-OH is 1. The van der Waals surface area contributed by atoms with Crippen LogP contribution in [0.2, 0.25) is 5.02 Å². The number of halogens is 1. The Labute approximate surface area is 179 Å². The first-order valence-corrected chi connectivity index (χ1v) is 9.68. The Balaban J connectivity index is 2.16. The molecule has 0 saturated carbocycles. The average Bonchev–Trinajstić information content (AvgIpc) is 2.96. The molecule has 8 heteroatoms. The third-order valence-electron chi connectivity index (χ3n) is 4.94. The summed E-state index contributed by atoms with van der Waals surface area (Å²) in [6.07, 6.45) is 0. The van der Waals surface area contributed by atoms with Gasteiger partial charge in [0.05, 0.1) is 23.7 Å². The lowest BCUT2D eigenvalue weighted by Crippen LogP contribution is -2.35. The van der Waals surface area contributed by atoms with Crippen LogP contribution in [0.1, 0.15) is 17.2 Å². The number of ether oxygens (including phenoxy) is 1. The number of aromatic hydroxyl groups is 1. The van der Waals surface area contributed by atoms with Crippen LogP contribution in [0.3, 0.4) is 0 Å². The Morgan fingerprint density at radius 3 is 2.53 bits per heavy atom. The Morgan fingerprint density at radius 2 is 1.93 bits per heavy atom. The van der Waals surface area contributed by atoms with E-state index in [2.05, 4.69) is 0 Å².